The van der Waals surface area contributed by atoms with E-state index >= 15 is 0 Å². The molecule has 94 valence electrons. The van der Waals surface area contributed by atoms with E-state index in [0.717, 1.165) is 4.88 Å². The van der Waals surface area contributed by atoms with Crippen LogP contribution in [0.15, 0.2) is 18.3 Å². The molecule has 0 aliphatic rings. The maximum Gasteiger partial charge on any atom is 0.257 e. The van der Waals surface area contributed by atoms with E-state index in [1.165, 1.54) is 11.3 Å². The van der Waals surface area contributed by atoms with Crippen LogP contribution in [-0.2, 0) is 0 Å². The molecule has 0 bridgehead atoms. The fraction of sp³-hybridized carbons (Fsp3) is 0.182. The molecule has 6 nitrogen and oxygen atoms in total. The fourth-order valence-corrected chi connectivity index (χ4v) is 2.11. The lowest BCUT2D eigenvalue weighted by Crippen LogP contribution is -2.15. The van der Waals surface area contributed by atoms with E-state index in [1.54, 1.807) is 25.3 Å². The Morgan fingerprint density at radius 1 is 1.39 bits per heavy atom. The Bertz CT molecular complexity index is 581. The van der Waals surface area contributed by atoms with Crippen molar-refractivity contribution in [3.63, 3.8) is 0 Å². The molecule has 0 unspecified atom stereocenters. The van der Waals surface area contributed by atoms with Gasteiger partial charge < -0.3 is 5.43 Å². The van der Waals surface area contributed by atoms with Gasteiger partial charge in [0.15, 0.2) is 5.13 Å². The number of hydrogen-bond acceptors (Lipinski definition) is 6. The number of thiazole rings is 1. The van der Waals surface area contributed by atoms with E-state index in [0.29, 0.717) is 22.2 Å². The van der Waals surface area contributed by atoms with Crippen molar-refractivity contribution in [3.05, 3.63) is 34.5 Å². The van der Waals surface area contributed by atoms with E-state index in [1.807, 2.05) is 6.92 Å². The molecule has 0 aliphatic carbocycles. The fourth-order valence-electron chi connectivity index (χ4n) is 1.46. The molecule has 0 saturated heterocycles. The second kappa shape index (κ2) is 5.11. The Morgan fingerprint density at radius 3 is 2.78 bits per heavy atom. The number of amides is 1. The summed E-state index contributed by atoms with van der Waals surface area (Å²) < 4.78 is 0. The highest BCUT2D eigenvalue weighted by Gasteiger charge is 2.10. The highest BCUT2D eigenvalue weighted by molar-refractivity contribution is 7.15. The Hall–Kier alpha value is -1.99. The van der Waals surface area contributed by atoms with Crippen LogP contribution in [0, 0.1) is 13.8 Å². The SMILES string of the molecule is Cc1cc(C(=O)Nc2ncc(C)s2)cc(NN)n1. The molecule has 7 heteroatoms. The number of carbonyl (C=O) groups is 1. The number of nitrogens with two attached hydrogens (primary N) is 1. The van der Waals surface area contributed by atoms with E-state index in [4.69, 9.17) is 5.84 Å². The topological polar surface area (TPSA) is 92.9 Å². The van der Waals surface area contributed by atoms with Crippen molar-refractivity contribution in [2.75, 3.05) is 10.7 Å². The molecule has 0 saturated carbocycles. The number of nitrogens with zero attached hydrogens (tertiary/aromatic N) is 2. The van der Waals surface area contributed by atoms with Gasteiger partial charge in [0.25, 0.3) is 5.91 Å². The molecule has 2 rings (SSSR count). The molecule has 1 amide bonds. The second-order valence-corrected chi connectivity index (χ2v) is 4.99. The number of anilines is 2. The average Bonchev–Trinajstić information content (AvgIpc) is 2.73. The molecule has 0 aliphatic heterocycles. The molecular formula is C11H13N5OS. The van der Waals surface area contributed by atoms with Crippen LogP contribution in [0.1, 0.15) is 20.9 Å². The van der Waals surface area contributed by atoms with Crippen LogP contribution in [-0.4, -0.2) is 15.9 Å². The van der Waals surface area contributed by atoms with Crippen molar-refractivity contribution in [3.8, 4) is 0 Å². The maximum absolute atomic E-state index is 12.0. The summed E-state index contributed by atoms with van der Waals surface area (Å²) in [5.41, 5.74) is 3.63. The molecule has 0 spiro atoms. The van der Waals surface area contributed by atoms with Crippen molar-refractivity contribution in [2.24, 2.45) is 5.84 Å². The number of aromatic nitrogens is 2. The van der Waals surface area contributed by atoms with Gasteiger partial charge in [-0.05, 0) is 26.0 Å². The first-order valence-electron chi connectivity index (χ1n) is 5.27. The summed E-state index contributed by atoms with van der Waals surface area (Å²) >= 11 is 1.43. The predicted molar refractivity (Wildman–Crippen MR) is 71.6 cm³/mol. The Labute approximate surface area is 108 Å². The van der Waals surface area contributed by atoms with Crippen molar-refractivity contribution < 1.29 is 4.79 Å². The van der Waals surface area contributed by atoms with Gasteiger partial charge in [-0.1, -0.05) is 0 Å². The Morgan fingerprint density at radius 2 is 2.17 bits per heavy atom. The summed E-state index contributed by atoms with van der Waals surface area (Å²) in [7, 11) is 0. The van der Waals surface area contributed by atoms with Gasteiger partial charge in [-0.15, -0.1) is 11.3 Å². The third-order valence-electron chi connectivity index (χ3n) is 2.21. The molecule has 0 radical (unpaired) electrons. The number of carbonyl (C=O) groups excluding carboxylic acids is 1. The quantitative estimate of drug-likeness (QED) is 0.579. The van der Waals surface area contributed by atoms with E-state index in [-0.39, 0.29) is 5.91 Å². The predicted octanol–water partition coefficient (Wildman–Crippen LogP) is 1.69. The molecule has 0 fully saturated rings. The van der Waals surface area contributed by atoms with E-state index in [2.05, 4.69) is 20.7 Å². The number of hydrazine groups is 1. The number of pyridine rings is 1. The summed E-state index contributed by atoms with van der Waals surface area (Å²) in [4.78, 5) is 21.2. The lowest BCUT2D eigenvalue weighted by molar-refractivity contribution is 0.102. The van der Waals surface area contributed by atoms with Gasteiger partial charge >= 0.3 is 0 Å². The third-order valence-corrected chi connectivity index (χ3v) is 3.03. The standard InChI is InChI=1S/C11H13N5OS/c1-6-3-8(4-9(14-6)16-12)10(17)15-11-13-5-7(2)18-11/h3-5H,12H2,1-2H3,(H,14,16)(H,13,15,17). The van der Waals surface area contributed by atoms with Gasteiger partial charge in [-0.2, -0.15) is 0 Å². The Kier molecular flexibility index (Phi) is 3.54. The van der Waals surface area contributed by atoms with Gasteiger partial charge in [0, 0.05) is 22.3 Å². The first-order valence-corrected chi connectivity index (χ1v) is 6.09. The Balaban J connectivity index is 2.20. The average molecular weight is 263 g/mol. The van der Waals surface area contributed by atoms with Gasteiger partial charge in [-0.3, -0.25) is 10.1 Å². The summed E-state index contributed by atoms with van der Waals surface area (Å²) in [5, 5.41) is 3.31. The van der Waals surface area contributed by atoms with Crippen LogP contribution in [0.4, 0.5) is 10.9 Å². The van der Waals surface area contributed by atoms with E-state index in [9.17, 15) is 4.79 Å². The minimum atomic E-state index is -0.230. The molecule has 2 aromatic heterocycles. The summed E-state index contributed by atoms with van der Waals surface area (Å²) in [6.07, 6.45) is 1.71. The summed E-state index contributed by atoms with van der Waals surface area (Å²) in [6.45, 7) is 3.73. The normalized spacial score (nSPS) is 10.2. The van der Waals surface area contributed by atoms with Crippen LogP contribution in [0.2, 0.25) is 0 Å². The first-order chi connectivity index (χ1) is 8.58. The van der Waals surface area contributed by atoms with Gasteiger partial charge in [0.05, 0.1) is 0 Å². The largest absolute Gasteiger partial charge is 0.308 e. The monoisotopic (exact) mass is 263 g/mol. The zero-order chi connectivity index (χ0) is 13.1. The van der Waals surface area contributed by atoms with Crippen LogP contribution in [0.5, 0.6) is 0 Å². The second-order valence-electron chi connectivity index (χ2n) is 3.76. The summed E-state index contributed by atoms with van der Waals surface area (Å²) in [6, 6.07) is 3.28. The van der Waals surface area contributed by atoms with Crippen LogP contribution < -0.4 is 16.6 Å². The number of hydrogen-bond donors (Lipinski definition) is 3. The molecule has 0 aromatic carbocycles. The molecule has 2 aromatic rings. The smallest absolute Gasteiger partial charge is 0.257 e. The molecular weight excluding hydrogens is 250 g/mol. The van der Waals surface area contributed by atoms with Crippen molar-refractivity contribution in [1.82, 2.24) is 9.97 Å². The summed E-state index contributed by atoms with van der Waals surface area (Å²) in [5.74, 6) is 5.51. The van der Waals surface area contributed by atoms with Crippen LogP contribution in [0.3, 0.4) is 0 Å². The molecule has 18 heavy (non-hydrogen) atoms. The zero-order valence-corrected chi connectivity index (χ0v) is 10.8. The van der Waals surface area contributed by atoms with Crippen LogP contribution >= 0.6 is 11.3 Å². The number of nitrogens with one attached hydrogen (secondary N) is 2. The van der Waals surface area contributed by atoms with Gasteiger partial charge in [-0.25, -0.2) is 15.8 Å². The molecule has 0 atom stereocenters. The number of aryl methyl sites for hydroxylation is 2. The molecule has 4 N–H and O–H groups in total. The van der Waals surface area contributed by atoms with E-state index < -0.39 is 0 Å². The highest BCUT2D eigenvalue weighted by atomic mass is 32.1. The van der Waals surface area contributed by atoms with Crippen LogP contribution in [0.25, 0.3) is 0 Å². The van der Waals surface area contributed by atoms with Crippen molar-refractivity contribution >= 4 is 28.2 Å². The minimum Gasteiger partial charge on any atom is -0.308 e. The third kappa shape index (κ3) is 2.82. The highest BCUT2D eigenvalue weighted by Crippen LogP contribution is 2.18. The number of nitrogen functional groups attached to an aromatic ring is 1. The lowest BCUT2D eigenvalue weighted by Gasteiger charge is -2.05. The maximum atomic E-state index is 12.0. The minimum absolute atomic E-state index is 0.230. The lowest BCUT2D eigenvalue weighted by atomic mass is 10.2. The molecule has 2 heterocycles. The van der Waals surface area contributed by atoms with Crippen molar-refractivity contribution in [2.45, 2.75) is 13.8 Å². The first kappa shape index (κ1) is 12.5. The zero-order valence-electron chi connectivity index (χ0n) is 10.0. The van der Waals surface area contributed by atoms with Gasteiger partial charge in [0.1, 0.15) is 5.82 Å². The van der Waals surface area contributed by atoms with Crippen molar-refractivity contribution in [1.29, 1.82) is 0 Å². The van der Waals surface area contributed by atoms with Gasteiger partial charge in [0.2, 0.25) is 0 Å². The number of rotatable bonds is 3.